The van der Waals surface area contributed by atoms with Crippen LogP contribution in [0.25, 0.3) is 0 Å². The van der Waals surface area contributed by atoms with Gasteiger partial charge in [-0.3, -0.25) is 19.6 Å². The minimum absolute atomic E-state index is 0.125. The van der Waals surface area contributed by atoms with Crippen molar-refractivity contribution >= 4 is 11.9 Å². The summed E-state index contributed by atoms with van der Waals surface area (Å²) in [6.45, 7) is 11.1. The molecule has 0 N–H and O–H groups in total. The molecule has 0 aliphatic carbocycles. The molecule has 0 atom stereocenters. The molecule has 3 aliphatic heterocycles. The Labute approximate surface area is 173 Å². The summed E-state index contributed by atoms with van der Waals surface area (Å²) in [5.74, 6) is 0.967. The summed E-state index contributed by atoms with van der Waals surface area (Å²) >= 11 is 0. The number of benzene rings is 1. The van der Waals surface area contributed by atoms with E-state index in [9.17, 15) is 4.79 Å². The van der Waals surface area contributed by atoms with Crippen LogP contribution in [0.5, 0.6) is 0 Å². The maximum Gasteiger partial charge on any atom is 0.259 e. The zero-order valence-corrected chi connectivity index (χ0v) is 17.7. The molecule has 0 unspecified atom stereocenters. The predicted octanol–water partition coefficient (Wildman–Crippen LogP) is 3.49. The predicted molar refractivity (Wildman–Crippen MR) is 117 cm³/mol. The number of rotatable bonds is 5. The summed E-state index contributed by atoms with van der Waals surface area (Å²) in [7, 11) is 0. The number of allylic oxidation sites excluding steroid dienone is 3. The monoisotopic (exact) mass is 390 g/mol. The minimum atomic E-state index is 0.125. The van der Waals surface area contributed by atoms with Crippen LogP contribution in [-0.2, 0) is 11.3 Å². The fraction of sp³-hybridized carbons (Fsp3) is 0.417. The first-order chi connectivity index (χ1) is 14.1. The number of nitrogens with zero attached hydrogens (tertiary/aromatic N) is 4. The summed E-state index contributed by atoms with van der Waals surface area (Å²) in [4.78, 5) is 24.8. The molecule has 0 spiro atoms. The van der Waals surface area contributed by atoms with E-state index in [-0.39, 0.29) is 5.91 Å². The van der Waals surface area contributed by atoms with E-state index in [4.69, 9.17) is 4.99 Å². The number of guanidine groups is 1. The molecular formula is C24H30N4O. The fourth-order valence-corrected chi connectivity index (χ4v) is 4.37. The molecule has 0 aromatic heterocycles. The Morgan fingerprint density at radius 2 is 2.07 bits per heavy atom. The van der Waals surface area contributed by atoms with Crippen LogP contribution in [0.1, 0.15) is 31.4 Å². The first-order valence-electron chi connectivity index (χ1n) is 10.5. The van der Waals surface area contributed by atoms with E-state index < -0.39 is 0 Å². The number of aryl methyl sites for hydroxylation is 1. The van der Waals surface area contributed by atoms with Crippen molar-refractivity contribution in [3.63, 3.8) is 0 Å². The minimum Gasteiger partial charge on any atom is -0.314 e. The van der Waals surface area contributed by atoms with Gasteiger partial charge in [0.25, 0.3) is 5.91 Å². The van der Waals surface area contributed by atoms with Gasteiger partial charge < -0.3 is 4.90 Å². The van der Waals surface area contributed by atoms with Crippen LogP contribution in [0.15, 0.2) is 64.3 Å². The highest BCUT2D eigenvalue weighted by atomic mass is 16.2. The quantitative estimate of drug-likeness (QED) is 0.723. The van der Waals surface area contributed by atoms with Crippen molar-refractivity contribution in [3.8, 4) is 0 Å². The smallest absolute Gasteiger partial charge is 0.259 e. The maximum absolute atomic E-state index is 13.5. The molecule has 0 bridgehead atoms. The van der Waals surface area contributed by atoms with Crippen LogP contribution < -0.4 is 0 Å². The molecule has 0 saturated heterocycles. The van der Waals surface area contributed by atoms with Gasteiger partial charge in [0.1, 0.15) is 0 Å². The van der Waals surface area contributed by atoms with Crippen molar-refractivity contribution in [1.29, 1.82) is 0 Å². The average Bonchev–Trinajstić information content (AvgIpc) is 3.20. The molecule has 5 nitrogen and oxygen atoms in total. The van der Waals surface area contributed by atoms with Crippen molar-refractivity contribution in [2.75, 3.05) is 32.7 Å². The molecule has 0 fully saturated rings. The van der Waals surface area contributed by atoms with Gasteiger partial charge in [-0.15, -0.1) is 0 Å². The molecule has 1 amide bonds. The summed E-state index contributed by atoms with van der Waals surface area (Å²) in [6, 6.07) is 8.29. The lowest BCUT2D eigenvalue weighted by atomic mass is 9.99. The largest absolute Gasteiger partial charge is 0.314 e. The Morgan fingerprint density at radius 3 is 2.86 bits per heavy atom. The lowest BCUT2D eigenvalue weighted by Gasteiger charge is -2.42. The Hall–Kier alpha value is -2.66. The molecule has 152 valence electrons. The Kier molecular flexibility index (Phi) is 5.67. The number of hydrogen-bond acceptors (Lipinski definition) is 4. The van der Waals surface area contributed by atoms with Crippen molar-refractivity contribution < 1.29 is 4.79 Å². The van der Waals surface area contributed by atoms with E-state index in [1.54, 1.807) is 0 Å². The lowest BCUT2D eigenvalue weighted by molar-refractivity contribution is -0.125. The number of aliphatic imine (C=N–C) groups is 1. The van der Waals surface area contributed by atoms with Gasteiger partial charge in [-0.05, 0) is 31.9 Å². The van der Waals surface area contributed by atoms with E-state index in [1.165, 1.54) is 22.4 Å². The molecule has 4 rings (SSSR count). The van der Waals surface area contributed by atoms with E-state index in [1.807, 2.05) is 30.0 Å². The van der Waals surface area contributed by atoms with E-state index in [2.05, 4.69) is 47.9 Å². The third-order valence-electron chi connectivity index (χ3n) is 5.92. The van der Waals surface area contributed by atoms with Crippen LogP contribution in [-0.4, -0.2) is 59.3 Å². The second-order valence-corrected chi connectivity index (χ2v) is 8.08. The van der Waals surface area contributed by atoms with Crippen molar-refractivity contribution in [2.24, 2.45) is 4.99 Å². The third-order valence-corrected chi connectivity index (χ3v) is 5.92. The zero-order valence-electron chi connectivity index (χ0n) is 17.7. The molecule has 1 aromatic rings. The van der Waals surface area contributed by atoms with Gasteiger partial charge in [0.15, 0.2) is 0 Å². The topological polar surface area (TPSA) is 39.2 Å². The highest BCUT2D eigenvalue weighted by Gasteiger charge is 2.40. The number of carbonyl (C=O) groups is 1. The van der Waals surface area contributed by atoms with Crippen LogP contribution in [0.4, 0.5) is 0 Å². The summed E-state index contributed by atoms with van der Waals surface area (Å²) in [5, 5.41) is 0. The number of hydrogen-bond donors (Lipinski definition) is 0. The van der Waals surface area contributed by atoms with Gasteiger partial charge in [-0.25, -0.2) is 0 Å². The number of amides is 1. The Morgan fingerprint density at radius 1 is 1.24 bits per heavy atom. The zero-order chi connectivity index (χ0) is 20.4. The van der Waals surface area contributed by atoms with Gasteiger partial charge in [0.05, 0.1) is 18.7 Å². The van der Waals surface area contributed by atoms with Crippen LogP contribution in [0.2, 0.25) is 0 Å². The number of fused-ring (bicyclic) bond motifs is 2. The van der Waals surface area contributed by atoms with Crippen LogP contribution in [0.3, 0.4) is 0 Å². The SMILES string of the molecule is C/C=C\C=C(/C)CN1CCC2=C(C1)C(=O)N(Cc1ccccc1C)C1=NCCN12. The van der Waals surface area contributed by atoms with Crippen LogP contribution in [0, 0.1) is 6.92 Å². The molecule has 29 heavy (non-hydrogen) atoms. The first kappa shape index (κ1) is 19.6. The maximum atomic E-state index is 13.5. The first-order valence-corrected chi connectivity index (χ1v) is 10.5. The van der Waals surface area contributed by atoms with E-state index in [0.29, 0.717) is 13.1 Å². The molecule has 1 aromatic carbocycles. The molecule has 3 aliphatic rings. The number of carbonyl (C=O) groups excluding carboxylic acids is 1. The van der Waals surface area contributed by atoms with E-state index >= 15 is 0 Å². The second kappa shape index (κ2) is 8.37. The van der Waals surface area contributed by atoms with Gasteiger partial charge in [0, 0.05) is 38.3 Å². The molecular weight excluding hydrogens is 360 g/mol. The molecule has 3 heterocycles. The van der Waals surface area contributed by atoms with Crippen molar-refractivity contribution in [3.05, 3.63) is 70.5 Å². The Bertz CT molecular complexity index is 925. The Balaban J connectivity index is 1.58. The third kappa shape index (κ3) is 3.92. The lowest BCUT2D eigenvalue weighted by Crippen LogP contribution is -2.53. The second-order valence-electron chi connectivity index (χ2n) is 8.08. The molecule has 0 radical (unpaired) electrons. The molecule has 5 heteroatoms. The highest BCUT2D eigenvalue weighted by molar-refractivity contribution is 6.09. The van der Waals surface area contributed by atoms with Gasteiger partial charge in [-0.2, -0.15) is 0 Å². The summed E-state index contributed by atoms with van der Waals surface area (Å²) < 4.78 is 0. The average molecular weight is 391 g/mol. The summed E-state index contributed by atoms with van der Waals surface area (Å²) in [6.07, 6.45) is 7.19. The normalized spacial score (nSPS) is 20.4. The van der Waals surface area contributed by atoms with Crippen molar-refractivity contribution in [2.45, 2.75) is 33.7 Å². The molecule has 0 saturated carbocycles. The van der Waals surface area contributed by atoms with Gasteiger partial charge in [0.2, 0.25) is 5.96 Å². The van der Waals surface area contributed by atoms with Crippen LogP contribution >= 0.6 is 0 Å². The highest BCUT2D eigenvalue weighted by Crippen LogP contribution is 2.32. The van der Waals surface area contributed by atoms with Gasteiger partial charge >= 0.3 is 0 Å². The van der Waals surface area contributed by atoms with Crippen molar-refractivity contribution in [1.82, 2.24) is 14.7 Å². The van der Waals surface area contributed by atoms with E-state index in [0.717, 1.165) is 44.1 Å². The van der Waals surface area contributed by atoms with Gasteiger partial charge in [-0.1, -0.05) is 48.1 Å². The fourth-order valence-electron chi connectivity index (χ4n) is 4.37. The standard InChI is InChI=1S/C24H30N4O/c1-4-5-8-18(2)15-26-13-11-22-21(17-26)23(29)28(24-25-12-14-27(22)24)16-20-10-7-6-9-19(20)3/h4-10H,11-17H2,1-3H3/b5-4-,18-8+. The summed E-state index contributed by atoms with van der Waals surface area (Å²) in [5.41, 5.74) is 5.84.